The van der Waals surface area contributed by atoms with E-state index in [9.17, 15) is 4.79 Å². The SMILES string of the molecule is Cc1ccc(C(=O)N2CCN(c3c(C)nn(-c4ccccc4)c3C)CC2)cc1C. The van der Waals surface area contributed by atoms with E-state index in [1.54, 1.807) is 0 Å². The van der Waals surface area contributed by atoms with Crippen molar-refractivity contribution in [1.82, 2.24) is 14.7 Å². The number of carbonyl (C=O) groups excluding carboxylic acids is 1. The van der Waals surface area contributed by atoms with Crippen LogP contribution in [0.15, 0.2) is 48.5 Å². The van der Waals surface area contributed by atoms with Crippen LogP contribution in [-0.4, -0.2) is 46.8 Å². The summed E-state index contributed by atoms with van der Waals surface area (Å²) in [4.78, 5) is 17.2. The molecular weight excluding hydrogens is 360 g/mol. The molecule has 0 aliphatic carbocycles. The van der Waals surface area contributed by atoms with E-state index in [-0.39, 0.29) is 5.91 Å². The highest BCUT2D eigenvalue weighted by Gasteiger charge is 2.26. The summed E-state index contributed by atoms with van der Waals surface area (Å²) in [6.07, 6.45) is 0. The molecule has 5 heteroatoms. The molecule has 150 valence electrons. The maximum absolute atomic E-state index is 12.9. The molecule has 0 bridgehead atoms. The highest BCUT2D eigenvalue weighted by molar-refractivity contribution is 5.94. The number of aryl methyl sites for hydroxylation is 3. The molecule has 0 unspecified atom stereocenters. The third-order valence-corrected chi connectivity index (χ3v) is 5.89. The zero-order valence-corrected chi connectivity index (χ0v) is 17.6. The van der Waals surface area contributed by atoms with E-state index >= 15 is 0 Å². The first-order chi connectivity index (χ1) is 14.0. The summed E-state index contributed by atoms with van der Waals surface area (Å²) in [7, 11) is 0. The number of anilines is 1. The van der Waals surface area contributed by atoms with Gasteiger partial charge in [-0.05, 0) is 63.1 Å². The molecule has 0 radical (unpaired) electrons. The summed E-state index contributed by atoms with van der Waals surface area (Å²) in [6, 6.07) is 16.2. The predicted molar refractivity (Wildman–Crippen MR) is 117 cm³/mol. The van der Waals surface area contributed by atoms with Gasteiger partial charge in [0.15, 0.2) is 0 Å². The second-order valence-corrected chi connectivity index (χ2v) is 7.85. The summed E-state index contributed by atoms with van der Waals surface area (Å²) in [5, 5.41) is 4.77. The van der Waals surface area contributed by atoms with Crippen LogP contribution in [0, 0.1) is 27.7 Å². The van der Waals surface area contributed by atoms with Crippen molar-refractivity contribution in [3.63, 3.8) is 0 Å². The maximum atomic E-state index is 12.9. The molecule has 1 aliphatic rings. The molecule has 1 fully saturated rings. The number of carbonyl (C=O) groups is 1. The van der Waals surface area contributed by atoms with E-state index in [2.05, 4.69) is 44.7 Å². The van der Waals surface area contributed by atoms with Gasteiger partial charge in [0.05, 0.1) is 22.8 Å². The third-order valence-electron chi connectivity index (χ3n) is 5.89. The number of para-hydroxylation sites is 1. The van der Waals surface area contributed by atoms with E-state index in [0.29, 0.717) is 0 Å². The molecule has 1 aliphatic heterocycles. The highest BCUT2D eigenvalue weighted by atomic mass is 16.2. The first-order valence-electron chi connectivity index (χ1n) is 10.2. The topological polar surface area (TPSA) is 41.4 Å². The molecule has 0 atom stereocenters. The molecule has 2 aromatic carbocycles. The zero-order valence-electron chi connectivity index (χ0n) is 17.6. The molecule has 0 spiro atoms. The van der Waals surface area contributed by atoms with Crippen molar-refractivity contribution in [2.75, 3.05) is 31.1 Å². The van der Waals surface area contributed by atoms with Crippen molar-refractivity contribution < 1.29 is 4.79 Å². The fourth-order valence-electron chi connectivity index (χ4n) is 4.10. The maximum Gasteiger partial charge on any atom is 0.253 e. The van der Waals surface area contributed by atoms with E-state index in [4.69, 9.17) is 5.10 Å². The Bertz CT molecular complexity index is 1030. The fraction of sp³-hybridized carbons (Fsp3) is 0.333. The Hall–Kier alpha value is -3.08. The van der Waals surface area contributed by atoms with Crippen LogP contribution in [0.1, 0.15) is 32.9 Å². The van der Waals surface area contributed by atoms with E-state index < -0.39 is 0 Å². The van der Waals surface area contributed by atoms with Gasteiger partial charge in [0.1, 0.15) is 0 Å². The van der Waals surface area contributed by atoms with Crippen LogP contribution in [-0.2, 0) is 0 Å². The lowest BCUT2D eigenvalue weighted by molar-refractivity contribution is 0.0746. The molecular formula is C24H28N4O. The number of nitrogens with zero attached hydrogens (tertiary/aromatic N) is 4. The van der Waals surface area contributed by atoms with Crippen molar-refractivity contribution in [2.24, 2.45) is 0 Å². The first kappa shape index (κ1) is 19.2. The van der Waals surface area contributed by atoms with Crippen LogP contribution < -0.4 is 4.90 Å². The molecule has 0 saturated carbocycles. The van der Waals surface area contributed by atoms with Gasteiger partial charge in [0, 0.05) is 31.7 Å². The lowest BCUT2D eigenvalue weighted by Gasteiger charge is -2.36. The smallest absolute Gasteiger partial charge is 0.253 e. The van der Waals surface area contributed by atoms with Gasteiger partial charge in [-0.3, -0.25) is 4.79 Å². The molecule has 2 heterocycles. The summed E-state index contributed by atoms with van der Waals surface area (Å²) in [5.41, 5.74) is 7.59. The minimum absolute atomic E-state index is 0.126. The van der Waals surface area contributed by atoms with E-state index in [1.165, 1.54) is 11.3 Å². The summed E-state index contributed by atoms with van der Waals surface area (Å²) in [6.45, 7) is 11.4. The van der Waals surface area contributed by atoms with Gasteiger partial charge in [-0.1, -0.05) is 24.3 Å². The standard InChI is InChI=1S/C24H28N4O/c1-17-10-11-21(16-18(17)2)24(29)27-14-12-26(13-15-27)23-19(3)25-28(20(23)4)22-8-6-5-7-9-22/h5-11,16H,12-15H2,1-4H3. The Balaban J connectivity index is 1.49. The number of aromatic nitrogens is 2. The highest BCUT2D eigenvalue weighted by Crippen LogP contribution is 2.28. The molecule has 3 aromatic rings. The summed E-state index contributed by atoms with van der Waals surface area (Å²) < 4.78 is 2.01. The van der Waals surface area contributed by atoms with E-state index in [0.717, 1.165) is 54.4 Å². The van der Waals surface area contributed by atoms with Crippen molar-refractivity contribution >= 4 is 11.6 Å². The van der Waals surface area contributed by atoms with Gasteiger partial charge in [-0.2, -0.15) is 5.10 Å². The van der Waals surface area contributed by atoms with Crippen molar-refractivity contribution in [1.29, 1.82) is 0 Å². The molecule has 1 amide bonds. The lowest BCUT2D eigenvalue weighted by Crippen LogP contribution is -2.49. The van der Waals surface area contributed by atoms with Gasteiger partial charge >= 0.3 is 0 Å². The molecule has 5 nitrogen and oxygen atoms in total. The second-order valence-electron chi connectivity index (χ2n) is 7.85. The average molecular weight is 389 g/mol. The number of amides is 1. The fourth-order valence-corrected chi connectivity index (χ4v) is 4.10. The first-order valence-corrected chi connectivity index (χ1v) is 10.2. The quantitative estimate of drug-likeness (QED) is 0.679. The monoisotopic (exact) mass is 388 g/mol. The van der Waals surface area contributed by atoms with Crippen LogP contribution >= 0.6 is 0 Å². The van der Waals surface area contributed by atoms with Gasteiger partial charge < -0.3 is 9.80 Å². The second kappa shape index (κ2) is 7.74. The Kier molecular flexibility index (Phi) is 5.14. The van der Waals surface area contributed by atoms with E-state index in [1.807, 2.05) is 46.0 Å². The van der Waals surface area contributed by atoms with Crippen LogP contribution in [0.25, 0.3) is 5.69 Å². The summed E-state index contributed by atoms with van der Waals surface area (Å²) in [5.74, 6) is 0.126. The molecule has 1 saturated heterocycles. The van der Waals surface area contributed by atoms with Crippen molar-refractivity contribution in [3.05, 3.63) is 76.6 Å². The Morgan fingerprint density at radius 1 is 0.862 bits per heavy atom. The Labute approximate surface area is 172 Å². The Morgan fingerprint density at radius 2 is 1.55 bits per heavy atom. The summed E-state index contributed by atoms with van der Waals surface area (Å²) >= 11 is 0. The van der Waals surface area contributed by atoms with Crippen LogP contribution in [0.4, 0.5) is 5.69 Å². The number of rotatable bonds is 3. The minimum Gasteiger partial charge on any atom is -0.365 e. The van der Waals surface area contributed by atoms with Gasteiger partial charge in [0.2, 0.25) is 0 Å². The average Bonchev–Trinajstić information content (AvgIpc) is 3.04. The van der Waals surface area contributed by atoms with Crippen molar-refractivity contribution in [3.8, 4) is 5.69 Å². The predicted octanol–water partition coefficient (Wildman–Crippen LogP) is 4.07. The van der Waals surface area contributed by atoms with Gasteiger partial charge in [-0.15, -0.1) is 0 Å². The molecule has 1 aromatic heterocycles. The largest absolute Gasteiger partial charge is 0.365 e. The number of benzene rings is 2. The van der Waals surface area contributed by atoms with Crippen LogP contribution in [0.5, 0.6) is 0 Å². The number of hydrogen-bond acceptors (Lipinski definition) is 3. The van der Waals surface area contributed by atoms with Gasteiger partial charge in [0.25, 0.3) is 5.91 Å². The Morgan fingerprint density at radius 3 is 2.21 bits per heavy atom. The van der Waals surface area contributed by atoms with Gasteiger partial charge in [-0.25, -0.2) is 4.68 Å². The third kappa shape index (κ3) is 3.65. The minimum atomic E-state index is 0.126. The molecule has 4 rings (SSSR count). The van der Waals surface area contributed by atoms with Crippen LogP contribution in [0.2, 0.25) is 0 Å². The number of piperazine rings is 1. The zero-order chi connectivity index (χ0) is 20.5. The number of hydrogen-bond donors (Lipinski definition) is 0. The van der Waals surface area contributed by atoms with Crippen LogP contribution in [0.3, 0.4) is 0 Å². The molecule has 29 heavy (non-hydrogen) atoms. The normalized spacial score (nSPS) is 14.3. The molecule has 0 N–H and O–H groups in total. The van der Waals surface area contributed by atoms with Crippen molar-refractivity contribution in [2.45, 2.75) is 27.7 Å². The lowest BCUT2D eigenvalue weighted by atomic mass is 10.1.